The number of nitrogens with zero attached hydrogens (tertiary/aromatic N) is 4. The highest BCUT2D eigenvalue weighted by molar-refractivity contribution is 5.80. The van der Waals surface area contributed by atoms with Gasteiger partial charge in [-0.1, -0.05) is 12.1 Å². The van der Waals surface area contributed by atoms with Crippen LogP contribution in [0.3, 0.4) is 0 Å². The zero-order valence-electron chi connectivity index (χ0n) is 15.9. The van der Waals surface area contributed by atoms with E-state index in [2.05, 4.69) is 38.3 Å². The highest BCUT2D eigenvalue weighted by atomic mass is 16.5. The first-order chi connectivity index (χ1) is 13.2. The van der Waals surface area contributed by atoms with Gasteiger partial charge < -0.3 is 19.9 Å². The molecule has 0 atom stereocenters. The number of benzene rings is 2. The van der Waals surface area contributed by atoms with E-state index in [0.29, 0.717) is 12.1 Å². The summed E-state index contributed by atoms with van der Waals surface area (Å²) in [6.45, 7) is 4.42. The van der Waals surface area contributed by atoms with Gasteiger partial charge in [0.2, 0.25) is 0 Å². The first kappa shape index (κ1) is 18.6. The van der Waals surface area contributed by atoms with Crippen LogP contribution in [0.4, 0.5) is 5.69 Å². The molecule has 2 aromatic carbocycles. The molecule has 0 radical (unpaired) electrons. The second-order valence-electron chi connectivity index (χ2n) is 6.38. The van der Waals surface area contributed by atoms with Crippen molar-refractivity contribution in [2.45, 2.75) is 6.54 Å². The summed E-state index contributed by atoms with van der Waals surface area (Å²) in [5, 5.41) is 12.3. The zero-order chi connectivity index (χ0) is 19.1. The van der Waals surface area contributed by atoms with Crippen LogP contribution in [0.1, 0.15) is 11.1 Å². The number of piperazine rings is 1. The standard InChI is InChI=1S/C21H25N5O/c1-23-21(24-16-18-5-3-17(15-22)4-6-18)26-13-11-25(12-14-26)19-7-9-20(27-2)10-8-19/h3-10H,11-14,16H2,1-2H3,(H,23,24). The number of ether oxygens (including phenoxy) is 1. The molecule has 1 aliphatic heterocycles. The summed E-state index contributed by atoms with van der Waals surface area (Å²) in [5.74, 6) is 1.79. The van der Waals surface area contributed by atoms with Gasteiger partial charge in [0.05, 0.1) is 18.7 Å². The van der Waals surface area contributed by atoms with Crippen molar-refractivity contribution >= 4 is 11.6 Å². The molecule has 6 nitrogen and oxygen atoms in total. The summed E-state index contributed by atoms with van der Waals surface area (Å²) >= 11 is 0. The minimum absolute atomic E-state index is 0.679. The molecule has 140 valence electrons. The summed E-state index contributed by atoms with van der Waals surface area (Å²) in [6, 6.07) is 18.0. The number of nitriles is 1. The van der Waals surface area contributed by atoms with Crippen molar-refractivity contribution in [3.63, 3.8) is 0 Å². The van der Waals surface area contributed by atoms with Gasteiger partial charge in [0.15, 0.2) is 5.96 Å². The molecule has 1 aliphatic rings. The van der Waals surface area contributed by atoms with Crippen molar-refractivity contribution in [1.29, 1.82) is 5.26 Å². The molecule has 0 aromatic heterocycles. The molecular weight excluding hydrogens is 338 g/mol. The highest BCUT2D eigenvalue weighted by Gasteiger charge is 2.19. The van der Waals surface area contributed by atoms with Crippen molar-refractivity contribution in [2.24, 2.45) is 4.99 Å². The Bertz CT molecular complexity index is 800. The van der Waals surface area contributed by atoms with Crippen LogP contribution in [-0.4, -0.2) is 51.2 Å². The molecule has 1 saturated heterocycles. The van der Waals surface area contributed by atoms with Crippen molar-refractivity contribution in [3.8, 4) is 11.8 Å². The molecule has 0 saturated carbocycles. The molecule has 1 fully saturated rings. The van der Waals surface area contributed by atoms with Gasteiger partial charge in [-0.05, 0) is 42.0 Å². The quantitative estimate of drug-likeness (QED) is 0.668. The van der Waals surface area contributed by atoms with E-state index in [1.807, 2.05) is 43.4 Å². The molecule has 1 N–H and O–H groups in total. The van der Waals surface area contributed by atoms with E-state index in [1.54, 1.807) is 7.11 Å². The molecule has 0 aliphatic carbocycles. The Balaban J connectivity index is 1.52. The van der Waals surface area contributed by atoms with E-state index in [1.165, 1.54) is 5.69 Å². The van der Waals surface area contributed by atoms with Gasteiger partial charge >= 0.3 is 0 Å². The van der Waals surface area contributed by atoms with Crippen LogP contribution in [0.15, 0.2) is 53.5 Å². The second kappa shape index (κ2) is 8.95. The fraction of sp³-hybridized carbons (Fsp3) is 0.333. The predicted octanol–water partition coefficient (Wildman–Crippen LogP) is 2.46. The Kier molecular flexibility index (Phi) is 6.16. The molecular formula is C21H25N5O. The summed E-state index contributed by atoms with van der Waals surface area (Å²) in [4.78, 5) is 9.09. The number of hydrogen-bond donors (Lipinski definition) is 1. The number of aliphatic imine (C=N–C) groups is 1. The van der Waals surface area contributed by atoms with E-state index in [9.17, 15) is 0 Å². The van der Waals surface area contributed by atoms with Gasteiger partial charge in [-0.15, -0.1) is 0 Å². The predicted molar refractivity (Wildman–Crippen MR) is 108 cm³/mol. The number of anilines is 1. The Morgan fingerprint density at radius 3 is 2.30 bits per heavy atom. The molecule has 0 bridgehead atoms. The largest absolute Gasteiger partial charge is 0.497 e. The fourth-order valence-corrected chi connectivity index (χ4v) is 3.18. The number of guanidine groups is 1. The van der Waals surface area contributed by atoms with E-state index >= 15 is 0 Å². The topological polar surface area (TPSA) is 63.9 Å². The van der Waals surface area contributed by atoms with Gasteiger partial charge in [-0.3, -0.25) is 4.99 Å². The van der Waals surface area contributed by atoms with Gasteiger partial charge in [0, 0.05) is 45.5 Å². The van der Waals surface area contributed by atoms with Crippen LogP contribution in [0.25, 0.3) is 0 Å². The summed E-state index contributed by atoms with van der Waals surface area (Å²) in [7, 11) is 3.50. The van der Waals surface area contributed by atoms with Gasteiger partial charge in [-0.2, -0.15) is 5.26 Å². The summed E-state index contributed by atoms with van der Waals surface area (Å²) < 4.78 is 5.23. The van der Waals surface area contributed by atoms with Crippen LogP contribution in [-0.2, 0) is 6.54 Å². The Morgan fingerprint density at radius 1 is 1.07 bits per heavy atom. The third-order valence-electron chi connectivity index (χ3n) is 4.76. The molecule has 0 spiro atoms. The van der Waals surface area contributed by atoms with Gasteiger partial charge in [0.25, 0.3) is 0 Å². The third kappa shape index (κ3) is 4.70. The maximum absolute atomic E-state index is 8.88. The number of nitrogens with one attached hydrogen (secondary N) is 1. The van der Waals surface area contributed by atoms with Crippen LogP contribution >= 0.6 is 0 Å². The normalized spacial score (nSPS) is 14.6. The molecule has 0 amide bonds. The monoisotopic (exact) mass is 363 g/mol. The Morgan fingerprint density at radius 2 is 1.74 bits per heavy atom. The lowest BCUT2D eigenvalue weighted by Crippen LogP contribution is -2.52. The molecule has 6 heteroatoms. The molecule has 2 aromatic rings. The van der Waals surface area contributed by atoms with E-state index in [0.717, 1.165) is 43.5 Å². The van der Waals surface area contributed by atoms with Crippen LogP contribution in [0.2, 0.25) is 0 Å². The molecule has 1 heterocycles. The van der Waals surface area contributed by atoms with Crippen LogP contribution in [0.5, 0.6) is 5.75 Å². The lowest BCUT2D eigenvalue weighted by molar-refractivity contribution is 0.372. The van der Waals surface area contributed by atoms with Crippen molar-refractivity contribution in [3.05, 3.63) is 59.7 Å². The first-order valence-corrected chi connectivity index (χ1v) is 9.07. The van der Waals surface area contributed by atoms with Crippen LogP contribution in [0, 0.1) is 11.3 Å². The van der Waals surface area contributed by atoms with Crippen LogP contribution < -0.4 is 15.0 Å². The average molecular weight is 363 g/mol. The van der Waals surface area contributed by atoms with Gasteiger partial charge in [-0.25, -0.2) is 0 Å². The number of hydrogen-bond acceptors (Lipinski definition) is 4. The average Bonchev–Trinajstić information content (AvgIpc) is 2.75. The minimum atomic E-state index is 0.679. The highest BCUT2D eigenvalue weighted by Crippen LogP contribution is 2.20. The summed E-state index contributed by atoms with van der Waals surface area (Å²) in [5.41, 5.74) is 3.03. The molecule has 27 heavy (non-hydrogen) atoms. The molecule has 0 unspecified atom stereocenters. The Hall–Kier alpha value is -3.20. The number of methoxy groups -OCH3 is 1. The molecule has 3 rings (SSSR count). The minimum Gasteiger partial charge on any atom is -0.497 e. The van der Waals surface area contributed by atoms with Crippen molar-refractivity contribution in [1.82, 2.24) is 10.2 Å². The number of rotatable bonds is 4. The zero-order valence-corrected chi connectivity index (χ0v) is 15.9. The lowest BCUT2D eigenvalue weighted by Gasteiger charge is -2.37. The van der Waals surface area contributed by atoms with Crippen molar-refractivity contribution < 1.29 is 4.74 Å². The van der Waals surface area contributed by atoms with E-state index in [4.69, 9.17) is 10.00 Å². The smallest absolute Gasteiger partial charge is 0.194 e. The first-order valence-electron chi connectivity index (χ1n) is 9.07. The van der Waals surface area contributed by atoms with E-state index < -0.39 is 0 Å². The lowest BCUT2D eigenvalue weighted by atomic mass is 10.1. The summed E-state index contributed by atoms with van der Waals surface area (Å²) in [6.07, 6.45) is 0. The fourth-order valence-electron chi connectivity index (χ4n) is 3.18. The maximum Gasteiger partial charge on any atom is 0.194 e. The van der Waals surface area contributed by atoms with E-state index in [-0.39, 0.29) is 0 Å². The Labute approximate surface area is 160 Å². The third-order valence-corrected chi connectivity index (χ3v) is 4.76. The van der Waals surface area contributed by atoms with Gasteiger partial charge in [0.1, 0.15) is 5.75 Å². The van der Waals surface area contributed by atoms with Crippen molar-refractivity contribution in [2.75, 3.05) is 45.2 Å². The maximum atomic E-state index is 8.88. The second-order valence-corrected chi connectivity index (χ2v) is 6.38. The SMILES string of the molecule is CN=C(NCc1ccc(C#N)cc1)N1CCN(c2ccc(OC)cc2)CC1.